The molecule has 1 atom stereocenters. The summed E-state index contributed by atoms with van der Waals surface area (Å²) in [5, 5.41) is 17.7. The van der Waals surface area contributed by atoms with Crippen LogP contribution in [0.5, 0.6) is 0 Å². The number of hydrogen-bond acceptors (Lipinski definition) is 3. The van der Waals surface area contributed by atoms with Crippen molar-refractivity contribution in [3.8, 4) is 6.07 Å². The van der Waals surface area contributed by atoms with Gasteiger partial charge in [0.05, 0.1) is 11.6 Å². The number of carboxylic acids is 1. The number of carboxylic acid groups (broad SMARTS) is 1. The van der Waals surface area contributed by atoms with Crippen molar-refractivity contribution in [2.24, 2.45) is 5.92 Å². The zero-order chi connectivity index (χ0) is 15.2. The van der Waals surface area contributed by atoms with E-state index in [4.69, 9.17) is 10.4 Å². The van der Waals surface area contributed by atoms with Crippen LogP contribution in [0.15, 0.2) is 24.3 Å². The van der Waals surface area contributed by atoms with Crippen molar-refractivity contribution < 1.29 is 9.90 Å². The third-order valence-corrected chi connectivity index (χ3v) is 4.46. The Morgan fingerprint density at radius 2 is 2.19 bits per heavy atom. The van der Waals surface area contributed by atoms with Crippen molar-refractivity contribution in [2.75, 3.05) is 13.1 Å². The van der Waals surface area contributed by atoms with E-state index in [1.807, 2.05) is 18.2 Å². The second kappa shape index (κ2) is 7.24. The van der Waals surface area contributed by atoms with E-state index in [0.717, 1.165) is 32.4 Å². The van der Waals surface area contributed by atoms with Crippen LogP contribution in [-0.4, -0.2) is 29.1 Å². The standard InChI is InChI=1S/C17H22N2O2/c1-13(16-4-2-3-15(11-16)12-18)19-9-7-14(8-10-19)5-6-17(20)21/h2-4,11,13-14H,5-10H2,1H3,(H,20,21). The Kier molecular flexibility index (Phi) is 5.35. The molecule has 1 N–H and O–H groups in total. The highest BCUT2D eigenvalue weighted by Crippen LogP contribution is 2.28. The molecule has 112 valence electrons. The maximum absolute atomic E-state index is 10.6. The summed E-state index contributed by atoms with van der Waals surface area (Å²) in [6, 6.07) is 10.3. The summed E-state index contributed by atoms with van der Waals surface area (Å²) in [5.41, 5.74) is 1.88. The average molecular weight is 286 g/mol. The van der Waals surface area contributed by atoms with Gasteiger partial charge in [-0.3, -0.25) is 9.69 Å². The van der Waals surface area contributed by atoms with Crippen LogP contribution in [-0.2, 0) is 4.79 Å². The number of hydrogen-bond donors (Lipinski definition) is 1. The topological polar surface area (TPSA) is 64.3 Å². The smallest absolute Gasteiger partial charge is 0.303 e. The molecule has 1 aromatic carbocycles. The molecular weight excluding hydrogens is 264 g/mol. The molecule has 1 aliphatic rings. The number of benzene rings is 1. The lowest BCUT2D eigenvalue weighted by atomic mass is 9.90. The normalized spacial score (nSPS) is 18.1. The molecule has 1 unspecified atom stereocenters. The highest BCUT2D eigenvalue weighted by Gasteiger charge is 2.23. The Labute approximate surface area is 126 Å². The highest BCUT2D eigenvalue weighted by atomic mass is 16.4. The molecule has 2 rings (SSSR count). The van der Waals surface area contributed by atoms with Gasteiger partial charge in [-0.2, -0.15) is 5.26 Å². The van der Waals surface area contributed by atoms with Crippen LogP contribution in [0.25, 0.3) is 0 Å². The molecule has 0 radical (unpaired) electrons. The van der Waals surface area contributed by atoms with Gasteiger partial charge < -0.3 is 5.11 Å². The average Bonchev–Trinajstić information content (AvgIpc) is 2.52. The Morgan fingerprint density at radius 3 is 2.81 bits per heavy atom. The molecule has 1 aromatic rings. The largest absolute Gasteiger partial charge is 0.481 e. The number of aliphatic carboxylic acids is 1. The predicted octanol–water partition coefficient (Wildman–Crippen LogP) is 3.20. The molecule has 1 saturated heterocycles. The molecule has 0 amide bonds. The van der Waals surface area contributed by atoms with E-state index in [1.165, 1.54) is 5.56 Å². The molecule has 1 fully saturated rings. The molecule has 21 heavy (non-hydrogen) atoms. The minimum absolute atomic E-state index is 0.282. The van der Waals surface area contributed by atoms with Gasteiger partial charge in [0.15, 0.2) is 0 Å². The van der Waals surface area contributed by atoms with Gasteiger partial charge in [0.2, 0.25) is 0 Å². The van der Waals surface area contributed by atoms with E-state index in [9.17, 15) is 4.79 Å². The fourth-order valence-corrected chi connectivity index (χ4v) is 3.04. The Balaban J connectivity index is 1.89. The quantitative estimate of drug-likeness (QED) is 0.902. The van der Waals surface area contributed by atoms with Crippen molar-refractivity contribution in [1.29, 1.82) is 5.26 Å². The minimum atomic E-state index is -0.695. The minimum Gasteiger partial charge on any atom is -0.481 e. The second-order valence-electron chi connectivity index (χ2n) is 5.82. The summed E-state index contributed by atoms with van der Waals surface area (Å²) in [6.45, 7) is 4.18. The first-order valence-electron chi connectivity index (χ1n) is 7.56. The van der Waals surface area contributed by atoms with Crippen LogP contribution in [0.2, 0.25) is 0 Å². The Bertz CT molecular complexity index is 528. The van der Waals surface area contributed by atoms with Crippen molar-refractivity contribution in [3.05, 3.63) is 35.4 Å². The molecule has 0 spiro atoms. The maximum atomic E-state index is 10.6. The molecule has 0 aliphatic carbocycles. The van der Waals surface area contributed by atoms with E-state index in [1.54, 1.807) is 0 Å². The van der Waals surface area contributed by atoms with Gasteiger partial charge in [0.1, 0.15) is 0 Å². The van der Waals surface area contributed by atoms with E-state index >= 15 is 0 Å². The zero-order valence-corrected chi connectivity index (χ0v) is 12.5. The highest BCUT2D eigenvalue weighted by molar-refractivity contribution is 5.66. The SMILES string of the molecule is CC(c1cccc(C#N)c1)N1CCC(CCC(=O)O)CC1. The molecular formula is C17H22N2O2. The number of piperidine rings is 1. The van der Waals surface area contributed by atoms with Crippen LogP contribution in [0.3, 0.4) is 0 Å². The number of nitrogens with zero attached hydrogens (tertiary/aromatic N) is 2. The van der Waals surface area contributed by atoms with E-state index < -0.39 is 5.97 Å². The van der Waals surface area contributed by atoms with Gasteiger partial charge in [-0.15, -0.1) is 0 Å². The zero-order valence-electron chi connectivity index (χ0n) is 12.5. The molecule has 4 heteroatoms. The maximum Gasteiger partial charge on any atom is 0.303 e. The summed E-state index contributed by atoms with van der Waals surface area (Å²) in [7, 11) is 0. The van der Waals surface area contributed by atoms with Crippen molar-refractivity contribution >= 4 is 5.97 Å². The fourth-order valence-electron chi connectivity index (χ4n) is 3.04. The van der Waals surface area contributed by atoms with E-state index in [-0.39, 0.29) is 6.42 Å². The lowest BCUT2D eigenvalue weighted by Crippen LogP contribution is -2.35. The molecule has 1 aliphatic heterocycles. The number of nitriles is 1. The van der Waals surface area contributed by atoms with Gasteiger partial charge in [0.25, 0.3) is 0 Å². The first-order chi connectivity index (χ1) is 10.1. The lowest BCUT2D eigenvalue weighted by molar-refractivity contribution is -0.137. The Hall–Kier alpha value is -1.86. The molecule has 0 aromatic heterocycles. The summed E-state index contributed by atoms with van der Waals surface area (Å²) in [5.74, 6) is -0.158. The van der Waals surface area contributed by atoms with E-state index in [0.29, 0.717) is 17.5 Å². The molecule has 4 nitrogen and oxygen atoms in total. The fraction of sp³-hybridized carbons (Fsp3) is 0.529. The van der Waals surface area contributed by atoms with Crippen LogP contribution >= 0.6 is 0 Å². The van der Waals surface area contributed by atoms with Gasteiger partial charge in [-0.05, 0) is 62.9 Å². The van der Waals surface area contributed by atoms with Crippen LogP contribution in [0, 0.1) is 17.2 Å². The van der Waals surface area contributed by atoms with Crippen molar-refractivity contribution in [2.45, 2.75) is 38.6 Å². The van der Waals surface area contributed by atoms with Gasteiger partial charge in [-0.25, -0.2) is 0 Å². The van der Waals surface area contributed by atoms with Crippen molar-refractivity contribution in [1.82, 2.24) is 4.90 Å². The third-order valence-electron chi connectivity index (χ3n) is 4.46. The molecule has 1 heterocycles. The Morgan fingerprint density at radius 1 is 1.48 bits per heavy atom. The third kappa shape index (κ3) is 4.30. The van der Waals surface area contributed by atoms with Crippen LogP contribution in [0.4, 0.5) is 0 Å². The van der Waals surface area contributed by atoms with Gasteiger partial charge in [-0.1, -0.05) is 12.1 Å². The summed E-state index contributed by atoms with van der Waals surface area (Å²) >= 11 is 0. The second-order valence-corrected chi connectivity index (χ2v) is 5.82. The monoisotopic (exact) mass is 286 g/mol. The summed E-state index contributed by atoms with van der Waals surface area (Å²) in [4.78, 5) is 13.0. The van der Waals surface area contributed by atoms with Crippen LogP contribution in [0.1, 0.15) is 49.8 Å². The molecule has 0 saturated carbocycles. The van der Waals surface area contributed by atoms with E-state index in [2.05, 4.69) is 24.0 Å². The number of rotatable bonds is 5. The van der Waals surface area contributed by atoms with Crippen LogP contribution < -0.4 is 0 Å². The van der Waals surface area contributed by atoms with Gasteiger partial charge >= 0.3 is 5.97 Å². The first kappa shape index (κ1) is 15.5. The summed E-state index contributed by atoms with van der Waals surface area (Å²) < 4.78 is 0. The number of likely N-dealkylation sites (tertiary alicyclic amines) is 1. The van der Waals surface area contributed by atoms with Gasteiger partial charge in [0, 0.05) is 12.5 Å². The first-order valence-corrected chi connectivity index (χ1v) is 7.56. The predicted molar refractivity (Wildman–Crippen MR) is 80.7 cm³/mol. The number of carbonyl (C=O) groups is 1. The lowest BCUT2D eigenvalue weighted by Gasteiger charge is -2.36. The molecule has 0 bridgehead atoms. The summed E-state index contributed by atoms with van der Waals surface area (Å²) in [6.07, 6.45) is 3.21. The van der Waals surface area contributed by atoms with Crippen molar-refractivity contribution in [3.63, 3.8) is 0 Å².